The number of aromatic nitrogens is 1. The van der Waals surface area contributed by atoms with Crippen molar-refractivity contribution < 1.29 is 4.42 Å². The number of hydrogen-bond donors (Lipinski definition) is 1. The number of benzene rings is 1. The summed E-state index contributed by atoms with van der Waals surface area (Å²) in [4.78, 5) is 11.1. The highest BCUT2D eigenvalue weighted by Crippen LogP contribution is 2.22. The van der Waals surface area contributed by atoms with E-state index in [0.29, 0.717) is 17.7 Å². The van der Waals surface area contributed by atoms with Gasteiger partial charge in [0.15, 0.2) is 11.7 Å². The van der Waals surface area contributed by atoms with Crippen molar-refractivity contribution in [1.29, 1.82) is 0 Å². The van der Waals surface area contributed by atoms with Crippen LogP contribution in [-0.4, -0.2) is 47.0 Å². The summed E-state index contributed by atoms with van der Waals surface area (Å²) < 4.78 is 5.84. The van der Waals surface area contributed by atoms with Crippen molar-refractivity contribution in [3.05, 3.63) is 42.4 Å². The minimum absolute atomic E-state index is 0.542. The molecule has 1 aromatic carbocycles. The number of aliphatic imine (C=N–C) groups is 1. The van der Waals surface area contributed by atoms with Gasteiger partial charge in [-0.1, -0.05) is 37.3 Å². The average Bonchev–Trinajstić information content (AvgIpc) is 3.12. The molecule has 1 aliphatic rings. The molecule has 0 spiro atoms. The lowest BCUT2D eigenvalue weighted by atomic mass is 10.2. The third kappa shape index (κ3) is 4.12. The molecule has 1 unspecified atom stereocenters. The van der Waals surface area contributed by atoms with Crippen molar-refractivity contribution >= 4 is 17.7 Å². The third-order valence-corrected chi connectivity index (χ3v) is 5.49. The summed E-state index contributed by atoms with van der Waals surface area (Å²) >= 11 is 2.05. The molecular weight excluding hydrogens is 320 g/mol. The fourth-order valence-electron chi connectivity index (χ4n) is 2.77. The lowest BCUT2D eigenvalue weighted by molar-refractivity contribution is 0.402. The minimum atomic E-state index is 0.542. The summed E-state index contributed by atoms with van der Waals surface area (Å²) in [5.74, 6) is 3.54. The van der Waals surface area contributed by atoms with Gasteiger partial charge < -0.3 is 14.6 Å². The summed E-state index contributed by atoms with van der Waals surface area (Å²) in [6.07, 6.45) is 2.97. The van der Waals surface area contributed by atoms with E-state index < -0.39 is 0 Å². The molecule has 128 valence electrons. The van der Waals surface area contributed by atoms with Crippen molar-refractivity contribution in [2.24, 2.45) is 4.99 Å². The molecular formula is C18H24N4OS. The van der Waals surface area contributed by atoms with Gasteiger partial charge in [-0.3, -0.25) is 4.99 Å². The SMILES string of the molecule is CCC1CN(C(=NC)NCc2ncc(-c3ccccc3)o2)CCS1. The van der Waals surface area contributed by atoms with Crippen LogP contribution in [0.4, 0.5) is 0 Å². The van der Waals surface area contributed by atoms with Crippen LogP contribution in [0.25, 0.3) is 11.3 Å². The normalized spacial score (nSPS) is 18.7. The van der Waals surface area contributed by atoms with E-state index in [0.717, 1.165) is 36.1 Å². The fraction of sp³-hybridized carbons (Fsp3) is 0.444. The van der Waals surface area contributed by atoms with Crippen LogP contribution in [0.5, 0.6) is 0 Å². The number of hydrogen-bond acceptors (Lipinski definition) is 4. The highest BCUT2D eigenvalue weighted by Gasteiger charge is 2.21. The molecule has 1 atom stereocenters. The molecule has 5 nitrogen and oxygen atoms in total. The van der Waals surface area contributed by atoms with Gasteiger partial charge in [0.25, 0.3) is 0 Å². The van der Waals surface area contributed by atoms with E-state index in [1.54, 1.807) is 6.20 Å². The molecule has 1 saturated heterocycles. The Hall–Kier alpha value is -1.95. The highest BCUT2D eigenvalue weighted by atomic mass is 32.2. The van der Waals surface area contributed by atoms with E-state index >= 15 is 0 Å². The van der Waals surface area contributed by atoms with E-state index in [1.165, 1.54) is 6.42 Å². The summed E-state index contributed by atoms with van der Waals surface area (Å²) in [7, 11) is 1.83. The van der Waals surface area contributed by atoms with Crippen LogP contribution >= 0.6 is 11.8 Å². The smallest absolute Gasteiger partial charge is 0.214 e. The Morgan fingerprint density at radius 2 is 2.25 bits per heavy atom. The van der Waals surface area contributed by atoms with Gasteiger partial charge in [-0.15, -0.1) is 0 Å². The molecule has 1 fully saturated rings. The van der Waals surface area contributed by atoms with Crippen LogP contribution in [0.1, 0.15) is 19.2 Å². The molecule has 0 aliphatic carbocycles. The molecule has 1 N–H and O–H groups in total. The van der Waals surface area contributed by atoms with Crippen molar-refractivity contribution in [2.75, 3.05) is 25.9 Å². The highest BCUT2D eigenvalue weighted by molar-refractivity contribution is 8.00. The van der Waals surface area contributed by atoms with Gasteiger partial charge in [-0.2, -0.15) is 11.8 Å². The van der Waals surface area contributed by atoms with Gasteiger partial charge in [0.1, 0.15) is 0 Å². The van der Waals surface area contributed by atoms with Crippen LogP contribution in [0, 0.1) is 0 Å². The van der Waals surface area contributed by atoms with E-state index in [4.69, 9.17) is 4.42 Å². The second kappa shape index (κ2) is 8.24. The van der Waals surface area contributed by atoms with Gasteiger partial charge in [-0.25, -0.2) is 4.98 Å². The van der Waals surface area contributed by atoms with Crippen molar-refractivity contribution in [2.45, 2.75) is 25.1 Å². The number of nitrogens with zero attached hydrogens (tertiary/aromatic N) is 3. The minimum Gasteiger partial charge on any atom is -0.439 e. The largest absolute Gasteiger partial charge is 0.439 e. The maximum Gasteiger partial charge on any atom is 0.214 e. The number of thioether (sulfide) groups is 1. The van der Waals surface area contributed by atoms with Gasteiger partial charge in [-0.05, 0) is 6.42 Å². The summed E-state index contributed by atoms with van der Waals surface area (Å²) in [5.41, 5.74) is 1.04. The van der Waals surface area contributed by atoms with Crippen LogP contribution in [0.3, 0.4) is 0 Å². The Labute approximate surface area is 147 Å². The van der Waals surface area contributed by atoms with Crippen LogP contribution < -0.4 is 5.32 Å². The van der Waals surface area contributed by atoms with Gasteiger partial charge in [0, 0.05) is 36.7 Å². The topological polar surface area (TPSA) is 53.7 Å². The molecule has 2 heterocycles. The van der Waals surface area contributed by atoms with E-state index in [1.807, 2.05) is 37.4 Å². The zero-order valence-electron chi connectivity index (χ0n) is 14.2. The zero-order chi connectivity index (χ0) is 16.8. The molecule has 3 rings (SSSR count). The van der Waals surface area contributed by atoms with Crippen molar-refractivity contribution in [3.63, 3.8) is 0 Å². The van der Waals surface area contributed by atoms with Gasteiger partial charge in [0.05, 0.1) is 12.7 Å². The van der Waals surface area contributed by atoms with Crippen LogP contribution in [0.2, 0.25) is 0 Å². The van der Waals surface area contributed by atoms with E-state index in [2.05, 4.69) is 38.9 Å². The first kappa shape index (κ1) is 16.9. The quantitative estimate of drug-likeness (QED) is 0.682. The monoisotopic (exact) mass is 344 g/mol. The van der Waals surface area contributed by atoms with Gasteiger partial charge >= 0.3 is 0 Å². The Balaban J connectivity index is 1.59. The summed E-state index contributed by atoms with van der Waals surface area (Å²) in [6, 6.07) is 10.0. The lowest BCUT2D eigenvalue weighted by Gasteiger charge is -2.34. The molecule has 1 aromatic heterocycles. The average molecular weight is 344 g/mol. The van der Waals surface area contributed by atoms with E-state index in [9.17, 15) is 0 Å². The van der Waals surface area contributed by atoms with Crippen LogP contribution in [-0.2, 0) is 6.54 Å². The first-order chi connectivity index (χ1) is 11.8. The third-order valence-electron chi connectivity index (χ3n) is 4.12. The fourth-order valence-corrected chi connectivity index (χ4v) is 3.95. The molecule has 0 saturated carbocycles. The number of guanidine groups is 1. The van der Waals surface area contributed by atoms with E-state index in [-0.39, 0.29) is 0 Å². The van der Waals surface area contributed by atoms with Gasteiger partial charge in [0.2, 0.25) is 5.89 Å². The summed E-state index contributed by atoms with van der Waals surface area (Å²) in [6.45, 7) is 4.86. The second-order valence-electron chi connectivity index (χ2n) is 5.73. The Bertz CT molecular complexity index is 671. The maximum absolute atomic E-state index is 5.84. The number of nitrogens with one attached hydrogen (secondary N) is 1. The first-order valence-corrected chi connectivity index (χ1v) is 9.42. The molecule has 6 heteroatoms. The zero-order valence-corrected chi connectivity index (χ0v) is 15.1. The second-order valence-corrected chi connectivity index (χ2v) is 7.14. The Morgan fingerprint density at radius 1 is 1.42 bits per heavy atom. The Morgan fingerprint density at radius 3 is 3.00 bits per heavy atom. The summed E-state index contributed by atoms with van der Waals surface area (Å²) in [5, 5.41) is 4.06. The molecule has 0 radical (unpaired) electrons. The molecule has 1 aliphatic heterocycles. The number of rotatable bonds is 4. The predicted molar refractivity (Wildman–Crippen MR) is 100 cm³/mol. The molecule has 0 bridgehead atoms. The maximum atomic E-state index is 5.84. The first-order valence-electron chi connectivity index (χ1n) is 8.37. The van der Waals surface area contributed by atoms with Crippen molar-refractivity contribution in [1.82, 2.24) is 15.2 Å². The predicted octanol–water partition coefficient (Wildman–Crippen LogP) is 3.24. The molecule has 2 aromatic rings. The Kier molecular flexibility index (Phi) is 5.80. The molecule has 0 amide bonds. The number of oxazole rings is 1. The standard InChI is InChI=1S/C18H24N4OS/c1-3-15-13-22(9-10-24-15)18(19-2)21-12-17-20-11-16(23-17)14-7-5-4-6-8-14/h4-8,11,15H,3,9-10,12-13H2,1-2H3,(H,19,21). The van der Waals surface area contributed by atoms with Crippen LogP contribution in [0.15, 0.2) is 45.9 Å². The van der Waals surface area contributed by atoms with Crippen molar-refractivity contribution in [3.8, 4) is 11.3 Å². The lowest BCUT2D eigenvalue weighted by Crippen LogP contribution is -2.47. The molecule has 24 heavy (non-hydrogen) atoms.